The van der Waals surface area contributed by atoms with Crippen molar-refractivity contribution in [3.63, 3.8) is 0 Å². The molecule has 0 saturated heterocycles. The Kier molecular flexibility index (Phi) is 8.04. The van der Waals surface area contributed by atoms with E-state index >= 15 is 0 Å². The molecule has 0 nitrogen and oxygen atoms in total. The maximum atomic E-state index is 5.50. The van der Waals surface area contributed by atoms with Gasteiger partial charge in [-0.2, -0.15) is 0 Å². The average Bonchev–Trinajstić information content (AvgIpc) is 1.80. The standard InChI is InChI=1S/C6H11Cl2.Ni/c1-2-3-4-5-6(7)8;/h6H,1-5H2;. The molecule has 0 aliphatic carbocycles. The topological polar surface area (TPSA) is 0 Å². The molecular weight excluding hydrogens is 202 g/mol. The summed E-state index contributed by atoms with van der Waals surface area (Å²) in [5.41, 5.74) is 0. The summed E-state index contributed by atoms with van der Waals surface area (Å²) in [6, 6.07) is 0. The molecule has 0 bridgehead atoms. The normalized spacial score (nSPS) is 10.8. The molecule has 0 heterocycles. The second-order valence-corrected chi connectivity index (χ2v) is 3.67. The minimum atomic E-state index is -0.182. The molecule has 0 unspecified atom stereocenters. The Morgan fingerprint density at radius 2 is 1.78 bits per heavy atom. The molecule has 0 aliphatic rings. The zero-order valence-corrected chi connectivity index (χ0v) is 7.68. The first-order chi connectivity index (χ1) is 4.27. The van der Waals surface area contributed by atoms with Gasteiger partial charge in [0, 0.05) is 0 Å². The Hall–Kier alpha value is 1.07. The van der Waals surface area contributed by atoms with Gasteiger partial charge in [0.05, 0.1) is 0 Å². The fourth-order valence-corrected chi connectivity index (χ4v) is 1.11. The molecule has 0 atom stereocenters. The third-order valence-electron chi connectivity index (χ3n) is 1.03. The van der Waals surface area contributed by atoms with Gasteiger partial charge in [0.15, 0.2) is 0 Å². The third kappa shape index (κ3) is 9.07. The van der Waals surface area contributed by atoms with E-state index in [2.05, 4.69) is 15.5 Å². The van der Waals surface area contributed by atoms with Gasteiger partial charge in [-0.1, -0.05) is 0 Å². The Labute approximate surface area is 74.7 Å². The van der Waals surface area contributed by atoms with Gasteiger partial charge in [-0.05, 0) is 0 Å². The second kappa shape index (κ2) is 7.18. The van der Waals surface area contributed by atoms with Crippen molar-refractivity contribution < 1.29 is 15.5 Å². The first-order valence-corrected chi connectivity index (χ1v) is 4.64. The van der Waals surface area contributed by atoms with E-state index in [1.807, 2.05) is 0 Å². The molecule has 0 fully saturated rings. The molecular formula is C6H11Cl2Ni. The van der Waals surface area contributed by atoms with Gasteiger partial charge in [0.2, 0.25) is 0 Å². The molecule has 0 N–H and O–H groups in total. The van der Waals surface area contributed by atoms with Crippen LogP contribution >= 0.6 is 23.2 Å². The average molecular weight is 213 g/mol. The third-order valence-corrected chi connectivity index (χ3v) is 1.82. The van der Waals surface area contributed by atoms with Gasteiger partial charge >= 0.3 is 74.6 Å². The Morgan fingerprint density at radius 1 is 1.11 bits per heavy atom. The summed E-state index contributed by atoms with van der Waals surface area (Å²) in [7, 11) is 0. The van der Waals surface area contributed by atoms with Crippen LogP contribution in [0.3, 0.4) is 0 Å². The zero-order chi connectivity index (χ0) is 7.11. The fraction of sp³-hybridized carbons (Fsp3) is 1.00. The number of halogens is 2. The van der Waals surface area contributed by atoms with Crippen LogP contribution < -0.4 is 0 Å². The number of alkyl halides is 2. The van der Waals surface area contributed by atoms with Crippen molar-refractivity contribution in [1.82, 2.24) is 0 Å². The van der Waals surface area contributed by atoms with Crippen molar-refractivity contribution in [1.29, 1.82) is 0 Å². The molecule has 0 aliphatic heterocycles. The van der Waals surface area contributed by atoms with Crippen LogP contribution in [0.15, 0.2) is 0 Å². The van der Waals surface area contributed by atoms with E-state index in [0.29, 0.717) is 0 Å². The minimum absolute atomic E-state index is 0.182. The van der Waals surface area contributed by atoms with Crippen LogP contribution in [0.5, 0.6) is 0 Å². The van der Waals surface area contributed by atoms with E-state index in [4.69, 9.17) is 23.2 Å². The van der Waals surface area contributed by atoms with E-state index in [0.717, 1.165) is 24.7 Å². The first-order valence-electron chi connectivity index (χ1n) is 3.07. The molecule has 0 spiro atoms. The van der Waals surface area contributed by atoms with Crippen molar-refractivity contribution in [3.05, 3.63) is 0 Å². The van der Waals surface area contributed by atoms with E-state index in [-0.39, 0.29) is 4.84 Å². The predicted octanol–water partition coefficient (Wildman–Crippen LogP) is 3.32. The van der Waals surface area contributed by atoms with Crippen LogP contribution in [-0.2, 0) is 15.5 Å². The summed E-state index contributed by atoms with van der Waals surface area (Å²) in [5.74, 6) is 0. The van der Waals surface area contributed by atoms with Crippen molar-refractivity contribution in [2.45, 2.75) is 35.9 Å². The molecule has 0 amide bonds. The van der Waals surface area contributed by atoms with Gasteiger partial charge < -0.3 is 0 Å². The number of hydrogen-bond donors (Lipinski definition) is 0. The van der Waals surface area contributed by atoms with Crippen LogP contribution in [0.2, 0.25) is 5.39 Å². The Morgan fingerprint density at radius 3 is 2.22 bits per heavy atom. The molecule has 0 radical (unpaired) electrons. The van der Waals surface area contributed by atoms with Crippen LogP contribution in [0.1, 0.15) is 25.7 Å². The van der Waals surface area contributed by atoms with Crippen molar-refractivity contribution >= 4 is 23.2 Å². The van der Waals surface area contributed by atoms with E-state index in [9.17, 15) is 0 Å². The molecule has 9 heavy (non-hydrogen) atoms. The predicted molar refractivity (Wildman–Crippen MR) is 38.8 cm³/mol. The SMILES string of the molecule is ClC(Cl)CCCC[CH2][Ni]. The summed E-state index contributed by atoms with van der Waals surface area (Å²) in [5, 5.41) is 0.898. The van der Waals surface area contributed by atoms with Gasteiger partial charge in [0.1, 0.15) is 0 Å². The zero-order valence-electron chi connectivity index (χ0n) is 5.19. The summed E-state index contributed by atoms with van der Waals surface area (Å²) in [6.07, 6.45) is 4.33. The monoisotopic (exact) mass is 211 g/mol. The molecule has 0 rings (SSSR count). The van der Waals surface area contributed by atoms with Crippen LogP contribution in [-0.4, -0.2) is 4.84 Å². The van der Waals surface area contributed by atoms with Crippen LogP contribution in [0.25, 0.3) is 0 Å². The molecule has 0 aromatic heterocycles. The molecule has 0 aromatic carbocycles. The quantitative estimate of drug-likeness (QED) is 0.373. The van der Waals surface area contributed by atoms with Crippen LogP contribution in [0.4, 0.5) is 0 Å². The van der Waals surface area contributed by atoms with Gasteiger partial charge in [-0.15, -0.1) is 0 Å². The molecule has 3 heteroatoms. The Balaban J connectivity index is 2.75. The van der Waals surface area contributed by atoms with E-state index in [1.165, 1.54) is 6.42 Å². The number of unbranched alkanes of at least 4 members (excludes halogenated alkanes) is 2. The maximum absolute atomic E-state index is 5.50. The van der Waals surface area contributed by atoms with Crippen molar-refractivity contribution in [2.75, 3.05) is 0 Å². The van der Waals surface area contributed by atoms with Crippen molar-refractivity contribution in [3.8, 4) is 0 Å². The van der Waals surface area contributed by atoms with Crippen LogP contribution in [0, 0.1) is 0 Å². The fourth-order valence-electron chi connectivity index (χ4n) is 0.554. The second-order valence-electron chi connectivity index (χ2n) is 1.90. The van der Waals surface area contributed by atoms with Gasteiger partial charge in [0.25, 0.3) is 0 Å². The first kappa shape index (κ1) is 10.1. The van der Waals surface area contributed by atoms with E-state index < -0.39 is 0 Å². The summed E-state index contributed by atoms with van der Waals surface area (Å²) < 4.78 is 0. The van der Waals surface area contributed by atoms with Gasteiger partial charge in [-0.3, -0.25) is 0 Å². The molecule has 0 saturated carbocycles. The van der Waals surface area contributed by atoms with Crippen molar-refractivity contribution in [2.24, 2.45) is 0 Å². The van der Waals surface area contributed by atoms with Gasteiger partial charge in [-0.25, -0.2) is 0 Å². The summed E-state index contributed by atoms with van der Waals surface area (Å²) in [4.78, 5) is -0.182. The molecule has 0 aromatic rings. The number of rotatable bonds is 5. The van der Waals surface area contributed by atoms with E-state index in [1.54, 1.807) is 0 Å². The number of hydrogen-bond acceptors (Lipinski definition) is 0. The summed E-state index contributed by atoms with van der Waals surface area (Å²) in [6.45, 7) is 0. The molecule has 59 valence electrons. The Bertz CT molecular complexity index is 57.0. The summed E-state index contributed by atoms with van der Waals surface area (Å²) >= 11 is 15.5.